The van der Waals surface area contributed by atoms with Gasteiger partial charge in [0.25, 0.3) is 0 Å². The number of carbonyl (C=O) groups is 1. The van der Waals surface area contributed by atoms with Crippen LogP contribution in [0.25, 0.3) is 22.3 Å². The Balaban J connectivity index is 2.48. The maximum Gasteiger partial charge on any atom is 0.339 e. The lowest BCUT2D eigenvalue weighted by Crippen LogP contribution is -2.12. The summed E-state index contributed by atoms with van der Waals surface area (Å²) in [6.45, 7) is 3.63. The van der Waals surface area contributed by atoms with Crippen molar-refractivity contribution in [1.82, 2.24) is 0 Å². The van der Waals surface area contributed by atoms with Gasteiger partial charge in [0.2, 0.25) is 0 Å². The molecule has 0 aliphatic heterocycles. The fourth-order valence-electron chi connectivity index (χ4n) is 2.78. The molecule has 0 fully saturated rings. The highest BCUT2D eigenvalue weighted by molar-refractivity contribution is 6.02. The minimum absolute atomic E-state index is 0.00600. The van der Waals surface area contributed by atoms with E-state index in [0.717, 1.165) is 11.1 Å². The van der Waals surface area contributed by atoms with E-state index in [0.29, 0.717) is 23.1 Å². The van der Waals surface area contributed by atoms with Crippen LogP contribution in [-0.2, 0) is 6.42 Å². The number of fused-ring (bicyclic) bond motifs is 1. The molecule has 0 atom stereocenters. The summed E-state index contributed by atoms with van der Waals surface area (Å²) in [4.78, 5) is 24.3. The summed E-state index contributed by atoms with van der Waals surface area (Å²) in [5, 5.41) is 9.77. The van der Waals surface area contributed by atoms with Crippen LogP contribution in [0.4, 0.5) is 0 Å². The first-order valence-corrected chi connectivity index (χ1v) is 7.42. The van der Waals surface area contributed by atoms with Crippen molar-refractivity contribution < 1.29 is 14.3 Å². The van der Waals surface area contributed by atoms with Crippen molar-refractivity contribution in [2.24, 2.45) is 0 Å². The third-order valence-corrected chi connectivity index (χ3v) is 4.00. The van der Waals surface area contributed by atoms with Crippen LogP contribution < -0.4 is 5.43 Å². The summed E-state index contributed by atoms with van der Waals surface area (Å²) in [6.07, 6.45) is 0.630. The van der Waals surface area contributed by atoms with Crippen molar-refractivity contribution >= 4 is 16.9 Å². The molecule has 4 nitrogen and oxygen atoms in total. The van der Waals surface area contributed by atoms with Crippen molar-refractivity contribution in [1.29, 1.82) is 0 Å². The highest BCUT2D eigenvalue weighted by atomic mass is 16.4. The minimum Gasteiger partial charge on any atom is -0.478 e. The van der Waals surface area contributed by atoms with Crippen molar-refractivity contribution in [3.8, 4) is 11.3 Å². The second-order valence-electron chi connectivity index (χ2n) is 5.39. The van der Waals surface area contributed by atoms with Crippen LogP contribution in [0, 0.1) is 6.92 Å². The number of carboxylic acids is 1. The number of hydrogen-bond acceptors (Lipinski definition) is 3. The number of aromatic carboxylic acids is 1. The van der Waals surface area contributed by atoms with Crippen LogP contribution >= 0.6 is 0 Å². The van der Waals surface area contributed by atoms with Crippen LogP contribution in [0.2, 0.25) is 0 Å². The number of rotatable bonds is 3. The molecule has 1 aromatic heterocycles. The van der Waals surface area contributed by atoms with Gasteiger partial charge in [-0.2, -0.15) is 0 Å². The van der Waals surface area contributed by atoms with Gasteiger partial charge in [0.05, 0.1) is 5.39 Å². The molecule has 0 saturated carbocycles. The van der Waals surface area contributed by atoms with Crippen molar-refractivity contribution in [3.63, 3.8) is 0 Å². The summed E-state index contributed by atoms with van der Waals surface area (Å²) in [6, 6.07) is 12.4. The van der Waals surface area contributed by atoms with Crippen LogP contribution in [0.15, 0.2) is 51.7 Å². The molecule has 0 spiro atoms. The van der Waals surface area contributed by atoms with E-state index in [2.05, 4.69) is 0 Å². The molecular formula is C19H16O4. The minimum atomic E-state index is -1.11. The maximum absolute atomic E-state index is 12.8. The van der Waals surface area contributed by atoms with Crippen LogP contribution in [0.1, 0.15) is 28.4 Å². The van der Waals surface area contributed by atoms with E-state index in [-0.39, 0.29) is 16.6 Å². The molecule has 23 heavy (non-hydrogen) atoms. The number of carboxylic acid groups (broad SMARTS) is 1. The predicted octanol–water partition coefficient (Wildman–Crippen LogP) is 4.03. The Kier molecular flexibility index (Phi) is 3.74. The number of benzene rings is 2. The van der Waals surface area contributed by atoms with E-state index >= 15 is 0 Å². The Morgan fingerprint density at radius 1 is 1.13 bits per heavy atom. The Morgan fingerprint density at radius 2 is 1.83 bits per heavy atom. The van der Waals surface area contributed by atoms with Gasteiger partial charge in [-0.25, -0.2) is 4.79 Å². The van der Waals surface area contributed by atoms with Crippen molar-refractivity contribution in [3.05, 3.63) is 69.4 Å². The van der Waals surface area contributed by atoms with Gasteiger partial charge in [-0.3, -0.25) is 4.79 Å². The fourth-order valence-corrected chi connectivity index (χ4v) is 2.78. The third kappa shape index (κ3) is 2.42. The zero-order valence-electron chi connectivity index (χ0n) is 12.9. The molecule has 1 heterocycles. The Hall–Kier alpha value is -2.88. The molecule has 1 N–H and O–H groups in total. The molecule has 2 aromatic carbocycles. The third-order valence-electron chi connectivity index (χ3n) is 4.00. The summed E-state index contributed by atoms with van der Waals surface area (Å²) in [5.74, 6) is -0.692. The van der Waals surface area contributed by atoms with Crippen LogP contribution in [0.5, 0.6) is 0 Å². The second kappa shape index (κ2) is 5.72. The van der Waals surface area contributed by atoms with Gasteiger partial charge in [-0.15, -0.1) is 0 Å². The normalized spacial score (nSPS) is 10.9. The maximum atomic E-state index is 12.8. The number of aryl methyl sites for hydroxylation is 1. The zero-order chi connectivity index (χ0) is 16.6. The van der Waals surface area contributed by atoms with E-state index in [9.17, 15) is 14.7 Å². The molecule has 0 saturated heterocycles. The molecule has 0 aliphatic rings. The van der Waals surface area contributed by atoms with Gasteiger partial charge >= 0.3 is 5.97 Å². The SMILES string of the molecule is CCc1ccc(C(=O)O)c2oc(-c3ccccc3)c(C)c(=O)c12. The first kappa shape index (κ1) is 15.0. The number of hydrogen-bond donors (Lipinski definition) is 1. The largest absolute Gasteiger partial charge is 0.478 e. The highest BCUT2D eigenvalue weighted by Crippen LogP contribution is 2.29. The van der Waals surface area contributed by atoms with E-state index in [1.165, 1.54) is 6.07 Å². The molecule has 0 amide bonds. The van der Waals surface area contributed by atoms with Gasteiger partial charge in [0.1, 0.15) is 11.3 Å². The lowest BCUT2D eigenvalue weighted by atomic mass is 9.99. The van der Waals surface area contributed by atoms with Crippen LogP contribution in [0.3, 0.4) is 0 Å². The highest BCUT2D eigenvalue weighted by Gasteiger charge is 2.20. The molecule has 0 aliphatic carbocycles. The molecule has 3 rings (SSSR count). The molecule has 0 radical (unpaired) electrons. The van der Waals surface area contributed by atoms with Gasteiger partial charge in [0, 0.05) is 11.1 Å². The summed E-state index contributed by atoms with van der Waals surface area (Å²) < 4.78 is 5.91. The quantitative estimate of drug-likeness (QED) is 0.793. The monoisotopic (exact) mass is 308 g/mol. The van der Waals surface area contributed by atoms with Gasteiger partial charge in [0.15, 0.2) is 11.0 Å². The molecule has 4 heteroatoms. The van der Waals surface area contributed by atoms with Gasteiger partial charge in [-0.05, 0) is 25.0 Å². The summed E-state index contributed by atoms with van der Waals surface area (Å²) >= 11 is 0. The lowest BCUT2D eigenvalue weighted by Gasteiger charge is -2.11. The Bertz CT molecular complexity index is 953. The summed E-state index contributed by atoms with van der Waals surface area (Å²) in [7, 11) is 0. The van der Waals surface area contributed by atoms with Crippen molar-refractivity contribution in [2.75, 3.05) is 0 Å². The van der Waals surface area contributed by atoms with Crippen molar-refractivity contribution in [2.45, 2.75) is 20.3 Å². The standard InChI is InChI=1S/C19H16O4/c1-3-12-9-10-14(19(21)22)18-15(12)16(20)11(2)17(23-18)13-7-5-4-6-8-13/h4-10H,3H2,1-2H3,(H,21,22). The average Bonchev–Trinajstić information content (AvgIpc) is 2.57. The smallest absolute Gasteiger partial charge is 0.339 e. The lowest BCUT2D eigenvalue weighted by molar-refractivity contribution is 0.0698. The summed E-state index contributed by atoms with van der Waals surface area (Å²) in [5.41, 5.74) is 2.01. The molecule has 3 aromatic rings. The Morgan fingerprint density at radius 3 is 2.43 bits per heavy atom. The van der Waals surface area contributed by atoms with Gasteiger partial charge in [-0.1, -0.05) is 43.3 Å². The van der Waals surface area contributed by atoms with E-state index in [1.54, 1.807) is 13.0 Å². The average molecular weight is 308 g/mol. The molecule has 116 valence electrons. The van der Waals surface area contributed by atoms with Crippen LogP contribution in [-0.4, -0.2) is 11.1 Å². The predicted molar refractivity (Wildman–Crippen MR) is 89.0 cm³/mol. The first-order valence-electron chi connectivity index (χ1n) is 7.42. The molecular weight excluding hydrogens is 292 g/mol. The molecule has 0 unspecified atom stereocenters. The molecule has 0 bridgehead atoms. The fraction of sp³-hybridized carbons (Fsp3) is 0.158. The van der Waals surface area contributed by atoms with E-state index < -0.39 is 5.97 Å². The second-order valence-corrected chi connectivity index (χ2v) is 5.39. The Labute approximate surface area is 133 Å². The van der Waals surface area contributed by atoms with E-state index in [4.69, 9.17) is 4.42 Å². The van der Waals surface area contributed by atoms with Gasteiger partial charge < -0.3 is 9.52 Å². The zero-order valence-corrected chi connectivity index (χ0v) is 12.9. The first-order chi connectivity index (χ1) is 11.0. The van der Waals surface area contributed by atoms with E-state index in [1.807, 2.05) is 37.3 Å². The topological polar surface area (TPSA) is 67.5 Å².